The highest BCUT2D eigenvalue weighted by atomic mass is 19.1. The summed E-state index contributed by atoms with van der Waals surface area (Å²) < 4.78 is 24.0. The second kappa shape index (κ2) is 7.50. The van der Waals surface area contributed by atoms with Crippen LogP contribution in [0, 0.1) is 0 Å². The summed E-state index contributed by atoms with van der Waals surface area (Å²) in [5.41, 5.74) is 5.27. The van der Waals surface area contributed by atoms with Crippen LogP contribution in [0.1, 0.15) is 25.7 Å². The maximum Gasteiger partial charge on any atom is 0.331 e. The first-order valence-corrected chi connectivity index (χ1v) is 7.28. The highest BCUT2D eigenvalue weighted by Gasteiger charge is 2.43. The van der Waals surface area contributed by atoms with E-state index >= 15 is 0 Å². The van der Waals surface area contributed by atoms with Gasteiger partial charge in [-0.2, -0.15) is 0 Å². The van der Waals surface area contributed by atoms with Crippen molar-refractivity contribution in [2.75, 3.05) is 26.4 Å². The quantitative estimate of drug-likeness (QED) is 0.690. The van der Waals surface area contributed by atoms with E-state index in [-0.39, 0.29) is 13.0 Å². The first-order valence-electron chi connectivity index (χ1n) is 7.28. The maximum absolute atomic E-state index is 13.8. The summed E-state index contributed by atoms with van der Waals surface area (Å²) >= 11 is 0. The number of halogens is 1. The number of urea groups is 1. The van der Waals surface area contributed by atoms with Gasteiger partial charge in [-0.15, -0.1) is 0 Å². The van der Waals surface area contributed by atoms with Crippen molar-refractivity contribution in [1.82, 2.24) is 9.80 Å². The summed E-state index contributed by atoms with van der Waals surface area (Å²) in [7, 11) is 0. The van der Waals surface area contributed by atoms with Crippen LogP contribution in [0.5, 0.6) is 0 Å². The second-order valence-electron chi connectivity index (χ2n) is 5.17. The summed E-state index contributed by atoms with van der Waals surface area (Å²) in [6, 6.07) is -0.697. The average Bonchev–Trinajstić information content (AvgIpc) is 3.02. The molecule has 2 heterocycles. The largest absolute Gasteiger partial charge is 0.444 e. The Morgan fingerprint density at radius 3 is 2.86 bits per heavy atom. The summed E-state index contributed by atoms with van der Waals surface area (Å²) in [5.74, 6) is -1.58. The third kappa shape index (κ3) is 3.72. The molecule has 8 nitrogen and oxygen atoms in total. The molecule has 3 amide bonds. The van der Waals surface area contributed by atoms with E-state index in [0.29, 0.717) is 30.9 Å². The summed E-state index contributed by atoms with van der Waals surface area (Å²) in [6.07, 6.45) is -0.487. The molecule has 2 aliphatic rings. The van der Waals surface area contributed by atoms with Gasteiger partial charge in [-0.3, -0.25) is 14.5 Å². The number of amides is 3. The lowest BCUT2D eigenvalue weighted by Crippen LogP contribution is -2.60. The Morgan fingerprint density at radius 2 is 2.23 bits per heavy atom. The van der Waals surface area contributed by atoms with E-state index in [4.69, 9.17) is 15.2 Å². The lowest BCUT2D eigenvalue weighted by molar-refractivity contribution is -0.156. The van der Waals surface area contributed by atoms with Crippen LogP contribution in [0.15, 0.2) is 0 Å². The van der Waals surface area contributed by atoms with Crippen LogP contribution in [-0.4, -0.2) is 66.5 Å². The molecule has 0 aromatic carbocycles. The number of nitrogens with two attached hydrogens (primary N) is 1. The van der Waals surface area contributed by atoms with Gasteiger partial charge < -0.3 is 15.2 Å². The Labute approximate surface area is 127 Å². The zero-order valence-corrected chi connectivity index (χ0v) is 12.2. The van der Waals surface area contributed by atoms with Crippen molar-refractivity contribution in [1.29, 1.82) is 0 Å². The van der Waals surface area contributed by atoms with Gasteiger partial charge in [0.05, 0.1) is 6.54 Å². The van der Waals surface area contributed by atoms with E-state index in [2.05, 4.69) is 0 Å². The third-order valence-corrected chi connectivity index (χ3v) is 3.56. The number of rotatable bonds is 6. The number of alkyl halides is 1. The molecule has 0 saturated carbocycles. The first kappa shape index (κ1) is 16.6. The van der Waals surface area contributed by atoms with Crippen LogP contribution >= 0.6 is 0 Å². The number of imide groups is 1. The molecule has 2 unspecified atom stereocenters. The van der Waals surface area contributed by atoms with Crippen LogP contribution in [0.25, 0.3) is 0 Å². The topological polar surface area (TPSA) is 102 Å². The molecule has 0 aliphatic carbocycles. The van der Waals surface area contributed by atoms with Gasteiger partial charge in [0.2, 0.25) is 0 Å². The molecule has 9 heteroatoms. The lowest BCUT2D eigenvalue weighted by Gasteiger charge is -2.37. The van der Waals surface area contributed by atoms with Crippen LogP contribution in [0.2, 0.25) is 0 Å². The Hall–Kier alpha value is -1.74. The van der Waals surface area contributed by atoms with Crippen molar-refractivity contribution in [3.63, 3.8) is 0 Å². The van der Waals surface area contributed by atoms with E-state index < -0.39 is 37.0 Å². The van der Waals surface area contributed by atoms with Crippen LogP contribution in [0.3, 0.4) is 0 Å². The van der Waals surface area contributed by atoms with Gasteiger partial charge in [0.25, 0.3) is 5.91 Å². The molecule has 2 aliphatic heterocycles. The fraction of sp³-hybridized carbons (Fsp3) is 0.769. The summed E-state index contributed by atoms with van der Waals surface area (Å²) in [6.45, 7) is -0.103. The molecule has 2 saturated heterocycles. The predicted octanol–water partition coefficient (Wildman–Crippen LogP) is -0.0352. The number of ether oxygens (including phenoxy) is 2. The van der Waals surface area contributed by atoms with E-state index in [1.54, 1.807) is 0 Å². The number of carbonyl (C=O) groups is 3. The molecule has 124 valence electrons. The van der Waals surface area contributed by atoms with E-state index in [0.717, 1.165) is 6.42 Å². The van der Waals surface area contributed by atoms with Crippen molar-refractivity contribution >= 4 is 17.9 Å². The SMILES string of the molecule is NCCCC(=O)OCN1C(=O)C(F)CN(C2CCCO2)C1=O. The van der Waals surface area contributed by atoms with Gasteiger partial charge in [-0.05, 0) is 25.8 Å². The monoisotopic (exact) mass is 317 g/mol. The summed E-state index contributed by atoms with van der Waals surface area (Å²) in [4.78, 5) is 37.2. The predicted molar refractivity (Wildman–Crippen MR) is 72.1 cm³/mol. The van der Waals surface area contributed by atoms with Crippen molar-refractivity contribution in [3.05, 3.63) is 0 Å². The highest BCUT2D eigenvalue weighted by molar-refractivity contribution is 5.99. The standard InChI is InChI=1S/C13H20FN3O5/c14-9-7-16(10-3-2-6-21-10)13(20)17(12(9)19)8-22-11(18)4-1-5-15/h9-10H,1-8,15H2. The molecule has 2 fully saturated rings. The smallest absolute Gasteiger partial charge is 0.331 e. The number of nitrogens with zero attached hydrogens (tertiary/aromatic N) is 2. The van der Waals surface area contributed by atoms with Crippen LogP contribution in [0.4, 0.5) is 9.18 Å². The number of esters is 1. The average molecular weight is 317 g/mol. The molecule has 0 aromatic heterocycles. The highest BCUT2D eigenvalue weighted by Crippen LogP contribution is 2.23. The molecule has 0 spiro atoms. The molecular weight excluding hydrogens is 297 g/mol. The number of hydrogen-bond donors (Lipinski definition) is 1. The van der Waals surface area contributed by atoms with Gasteiger partial charge in [0, 0.05) is 13.0 Å². The van der Waals surface area contributed by atoms with Gasteiger partial charge in [-0.1, -0.05) is 0 Å². The second-order valence-corrected chi connectivity index (χ2v) is 5.17. The molecule has 2 N–H and O–H groups in total. The van der Waals surface area contributed by atoms with Crippen molar-refractivity contribution < 1.29 is 28.2 Å². The number of carbonyl (C=O) groups excluding carboxylic acids is 3. The summed E-state index contributed by atoms with van der Waals surface area (Å²) in [5, 5.41) is 0. The fourth-order valence-corrected chi connectivity index (χ4v) is 2.37. The Bertz CT molecular complexity index is 441. The van der Waals surface area contributed by atoms with E-state index in [1.165, 1.54) is 4.90 Å². The van der Waals surface area contributed by atoms with Crippen molar-refractivity contribution in [2.24, 2.45) is 5.73 Å². The lowest BCUT2D eigenvalue weighted by atomic mass is 10.2. The minimum absolute atomic E-state index is 0.0845. The molecule has 0 bridgehead atoms. The minimum Gasteiger partial charge on any atom is -0.444 e. The zero-order chi connectivity index (χ0) is 16.1. The fourth-order valence-electron chi connectivity index (χ4n) is 2.37. The van der Waals surface area contributed by atoms with Gasteiger partial charge in [-0.25, -0.2) is 14.1 Å². The zero-order valence-electron chi connectivity index (χ0n) is 12.2. The Balaban J connectivity index is 1.96. The maximum atomic E-state index is 13.8. The normalized spacial score (nSPS) is 25.7. The molecule has 2 rings (SSSR count). The van der Waals surface area contributed by atoms with Gasteiger partial charge in [0.1, 0.15) is 6.23 Å². The Kier molecular flexibility index (Phi) is 5.67. The molecule has 2 atom stereocenters. The third-order valence-electron chi connectivity index (χ3n) is 3.56. The van der Waals surface area contributed by atoms with Crippen LogP contribution < -0.4 is 5.73 Å². The Morgan fingerprint density at radius 1 is 1.45 bits per heavy atom. The van der Waals surface area contributed by atoms with Gasteiger partial charge >= 0.3 is 12.0 Å². The molecule has 22 heavy (non-hydrogen) atoms. The van der Waals surface area contributed by atoms with Crippen molar-refractivity contribution in [2.45, 2.75) is 38.1 Å². The molecule has 0 aromatic rings. The minimum atomic E-state index is -1.84. The molecular formula is C13H20FN3O5. The van der Waals surface area contributed by atoms with Gasteiger partial charge in [0.15, 0.2) is 12.9 Å². The van der Waals surface area contributed by atoms with E-state index in [9.17, 15) is 18.8 Å². The molecule has 0 radical (unpaired) electrons. The first-order chi connectivity index (χ1) is 10.5. The van der Waals surface area contributed by atoms with Crippen LogP contribution in [-0.2, 0) is 19.1 Å². The van der Waals surface area contributed by atoms with Crippen molar-refractivity contribution in [3.8, 4) is 0 Å². The van der Waals surface area contributed by atoms with E-state index in [1.807, 2.05) is 0 Å². The number of hydrogen-bond acceptors (Lipinski definition) is 6.